The van der Waals surface area contributed by atoms with E-state index >= 15 is 0 Å². The molecule has 1 heterocycles. The van der Waals surface area contributed by atoms with Crippen LogP contribution in [0.4, 0.5) is 5.69 Å². The van der Waals surface area contributed by atoms with Gasteiger partial charge in [-0.05, 0) is 12.1 Å². The van der Waals surface area contributed by atoms with Crippen molar-refractivity contribution in [3.8, 4) is 0 Å². The minimum atomic E-state index is 0. The highest BCUT2D eigenvalue weighted by molar-refractivity contribution is 14.0. The normalized spacial score (nSPS) is 15.0. The number of hydrogen-bond donors (Lipinski definition) is 2. The first-order valence-corrected chi connectivity index (χ1v) is 7.70. The van der Waals surface area contributed by atoms with Crippen LogP contribution in [0.15, 0.2) is 35.3 Å². The van der Waals surface area contributed by atoms with Crippen LogP contribution < -0.4 is 15.5 Å². The maximum absolute atomic E-state index is 12.2. The molecule has 1 aliphatic rings. The molecule has 6 nitrogen and oxygen atoms in total. The fourth-order valence-corrected chi connectivity index (χ4v) is 2.58. The first-order chi connectivity index (χ1) is 10.7. The lowest BCUT2D eigenvalue weighted by Crippen LogP contribution is -2.49. The van der Waals surface area contributed by atoms with Gasteiger partial charge in [0.15, 0.2) is 5.96 Å². The van der Waals surface area contributed by atoms with E-state index in [1.54, 1.807) is 14.1 Å². The number of benzene rings is 1. The van der Waals surface area contributed by atoms with Gasteiger partial charge >= 0.3 is 0 Å². The van der Waals surface area contributed by atoms with Gasteiger partial charge in [-0.15, -0.1) is 24.0 Å². The van der Waals surface area contributed by atoms with Crippen molar-refractivity contribution in [2.24, 2.45) is 4.99 Å². The molecule has 0 aliphatic carbocycles. The molecule has 7 heteroatoms. The van der Waals surface area contributed by atoms with E-state index in [0.29, 0.717) is 18.9 Å². The summed E-state index contributed by atoms with van der Waals surface area (Å²) < 4.78 is 0. The maximum atomic E-state index is 12.2. The Kier molecular flexibility index (Phi) is 8.75. The molecule has 1 aliphatic heterocycles. The summed E-state index contributed by atoms with van der Waals surface area (Å²) >= 11 is 0. The average Bonchev–Trinajstić information content (AvgIpc) is 2.59. The van der Waals surface area contributed by atoms with Gasteiger partial charge in [-0.1, -0.05) is 18.2 Å². The van der Waals surface area contributed by atoms with Gasteiger partial charge in [0.2, 0.25) is 5.91 Å². The number of rotatable bonds is 4. The van der Waals surface area contributed by atoms with Gasteiger partial charge in [0.25, 0.3) is 0 Å². The smallest absolute Gasteiger partial charge is 0.224 e. The highest BCUT2D eigenvalue weighted by Crippen LogP contribution is 2.15. The van der Waals surface area contributed by atoms with E-state index in [4.69, 9.17) is 0 Å². The number of anilines is 1. The van der Waals surface area contributed by atoms with E-state index in [1.165, 1.54) is 5.69 Å². The molecule has 23 heavy (non-hydrogen) atoms. The number of piperazine rings is 1. The SMILES string of the molecule is CN=C(NC)NCCC(=O)N1CCN(c2ccccc2)CC1.I. The molecule has 1 saturated heterocycles. The third-order valence-electron chi connectivity index (χ3n) is 3.85. The second kappa shape index (κ2) is 10.3. The highest BCUT2D eigenvalue weighted by Gasteiger charge is 2.20. The topological polar surface area (TPSA) is 60.0 Å². The fourth-order valence-electron chi connectivity index (χ4n) is 2.58. The largest absolute Gasteiger partial charge is 0.368 e. The lowest BCUT2D eigenvalue weighted by atomic mass is 10.2. The minimum Gasteiger partial charge on any atom is -0.368 e. The summed E-state index contributed by atoms with van der Waals surface area (Å²) in [7, 11) is 3.52. The monoisotopic (exact) mass is 431 g/mol. The second-order valence-electron chi connectivity index (χ2n) is 5.20. The van der Waals surface area contributed by atoms with Gasteiger partial charge in [0.05, 0.1) is 0 Å². The van der Waals surface area contributed by atoms with E-state index in [-0.39, 0.29) is 29.9 Å². The summed E-state index contributed by atoms with van der Waals surface area (Å²) in [6.07, 6.45) is 0.492. The van der Waals surface area contributed by atoms with Crippen molar-refractivity contribution in [3.05, 3.63) is 30.3 Å². The predicted molar refractivity (Wildman–Crippen MR) is 106 cm³/mol. The molecule has 1 aromatic rings. The number of nitrogens with one attached hydrogen (secondary N) is 2. The van der Waals surface area contributed by atoms with Crippen LogP contribution in [0.1, 0.15) is 6.42 Å². The third-order valence-corrected chi connectivity index (χ3v) is 3.85. The summed E-state index contributed by atoms with van der Waals surface area (Å²) in [6, 6.07) is 10.4. The van der Waals surface area contributed by atoms with Crippen molar-refractivity contribution in [1.82, 2.24) is 15.5 Å². The van der Waals surface area contributed by atoms with Gasteiger partial charge < -0.3 is 20.4 Å². The Morgan fingerprint density at radius 1 is 1.17 bits per heavy atom. The molecule has 0 atom stereocenters. The van der Waals surface area contributed by atoms with Crippen LogP contribution in [-0.2, 0) is 4.79 Å². The molecular weight excluding hydrogens is 405 g/mol. The molecule has 2 N–H and O–H groups in total. The summed E-state index contributed by atoms with van der Waals surface area (Å²) in [6.45, 7) is 3.96. The Labute approximate surface area is 155 Å². The number of halogens is 1. The van der Waals surface area contributed by atoms with Gasteiger partial charge in [0, 0.05) is 58.9 Å². The lowest BCUT2D eigenvalue weighted by Gasteiger charge is -2.36. The molecule has 1 amide bonds. The first-order valence-electron chi connectivity index (χ1n) is 7.70. The fraction of sp³-hybridized carbons (Fsp3) is 0.500. The van der Waals surface area contributed by atoms with E-state index in [2.05, 4.69) is 32.7 Å². The van der Waals surface area contributed by atoms with Crippen LogP contribution in [0.25, 0.3) is 0 Å². The molecule has 2 rings (SSSR count). The van der Waals surface area contributed by atoms with Crippen LogP contribution in [-0.4, -0.2) is 63.6 Å². The van der Waals surface area contributed by atoms with Crippen molar-refractivity contribution in [3.63, 3.8) is 0 Å². The second-order valence-corrected chi connectivity index (χ2v) is 5.20. The Morgan fingerprint density at radius 2 is 1.83 bits per heavy atom. The average molecular weight is 431 g/mol. The summed E-state index contributed by atoms with van der Waals surface area (Å²) in [5, 5.41) is 6.04. The van der Waals surface area contributed by atoms with Crippen LogP contribution in [0.2, 0.25) is 0 Å². The van der Waals surface area contributed by atoms with E-state index < -0.39 is 0 Å². The van der Waals surface area contributed by atoms with Crippen molar-refractivity contribution in [2.75, 3.05) is 51.7 Å². The van der Waals surface area contributed by atoms with Crippen LogP contribution in [0.3, 0.4) is 0 Å². The number of carbonyl (C=O) groups excluding carboxylic acids is 1. The zero-order valence-electron chi connectivity index (χ0n) is 13.8. The third kappa shape index (κ3) is 5.89. The quantitative estimate of drug-likeness (QED) is 0.427. The Balaban J connectivity index is 0.00000264. The molecule has 1 fully saturated rings. The van der Waals surface area contributed by atoms with E-state index in [9.17, 15) is 4.79 Å². The standard InChI is InChI=1S/C16H25N5O.HI/c1-17-16(18-2)19-9-8-15(22)21-12-10-20(11-13-21)14-6-4-3-5-7-14;/h3-7H,8-13H2,1-2H3,(H2,17,18,19);1H. The first kappa shape index (κ1) is 19.5. The number of carbonyl (C=O) groups is 1. The van der Waals surface area contributed by atoms with Gasteiger partial charge in [-0.3, -0.25) is 9.79 Å². The molecule has 0 bridgehead atoms. The Bertz CT molecular complexity index is 500. The van der Waals surface area contributed by atoms with E-state index in [1.807, 2.05) is 23.1 Å². The molecule has 0 unspecified atom stereocenters. The van der Waals surface area contributed by atoms with E-state index in [0.717, 1.165) is 26.2 Å². The van der Waals surface area contributed by atoms with Crippen molar-refractivity contribution in [2.45, 2.75) is 6.42 Å². The molecule has 0 spiro atoms. The van der Waals surface area contributed by atoms with Gasteiger partial charge in [-0.2, -0.15) is 0 Å². The molecule has 0 aromatic heterocycles. The molecule has 0 saturated carbocycles. The number of nitrogens with zero attached hydrogens (tertiary/aromatic N) is 3. The summed E-state index contributed by atoms with van der Waals surface area (Å²) in [5.74, 6) is 0.911. The number of para-hydroxylation sites is 1. The van der Waals surface area contributed by atoms with Crippen LogP contribution in [0.5, 0.6) is 0 Å². The van der Waals surface area contributed by atoms with Crippen LogP contribution >= 0.6 is 24.0 Å². The summed E-state index contributed by atoms with van der Waals surface area (Å²) in [4.78, 5) is 20.5. The molecule has 1 aromatic carbocycles. The summed E-state index contributed by atoms with van der Waals surface area (Å²) in [5.41, 5.74) is 1.23. The number of aliphatic imine (C=N–C) groups is 1. The van der Waals surface area contributed by atoms with Crippen molar-refractivity contribution < 1.29 is 4.79 Å². The van der Waals surface area contributed by atoms with Gasteiger partial charge in [0.1, 0.15) is 0 Å². The highest BCUT2D eigenvalue weighted by atomic mass is 127. The molecule has 0 radical (unpaired) electrons. The number of amides is 1. The lowest BCUT2D eigenvalue weighted by molar-refractivity contribution is -0.131. The number of guanidine groups is 1. The zero-order chi connectivity index (χ0) is 15.8. The van der Waals surface area contributed by atoms with Gasteiger partial charge in [-0.25, -0.2) is 0 Å². The molecule has 128 valence electrons. The minimum absolute atomic E-state index is 0. The number of hydrogen-bond acceptors (Lipinski definition) is 3. The zero-order valence-corrected chi connectivity index (χ0v) is 16.1. The maximum Gasteiger partial charge on any atom is 0.224 e. The predicted octanol–water partition coefficient (Wildman–Crippen LogP) is 1.14. The van der Waals surface area contributed by atoms with Crippen molar-refractivity contribution in [1.29, 1.82) is 0 Å². The molecular formula is C16H26IN5O. The van der Waals surface area contributed by atoms with Crippen molar-refractivity contribution >= 4 is 41.5 Å². The van der Waals surface area contributed by atoms with Crippen LogP contribution in [0, 0.1) is 0 Å². The Morgan fingerprint density at radius 3 is 2.39 bits per heavy atom. The Hall–Kier alpha value is -1.51.